The number of amides is 2. The molecule has 0 saturated heterocycles. The van der Waals surface area contributed by atoms with Gasteiger partial charge in [0, 0.05) is 11.3 Å². The topological polar surface area (TPSA) is 125 Å². The van der Waals surface area contributed by atoms with E-state index in [1.165, 1.54) is 41.9 Å². The number of carbonyl (C=O) groups is 2. The molecule has 7 heteroatoms. The number of aromatic hydroxyl groups is 1. The van der Waals surface area contributed by atoms with E-state index in [0.29, 0.717) is 12.1 Å². The third kappa shape index (κ3) is 4.53. The lowest BCUT2D eigenvalue weighted by atomic mass is 10.1. The molecule has 0 saturated carbocycles. The molecule has 0 aliphatic carbocycles. The van der Waals surface area contributed by atoms with Crippen LogP contribution in [0.2, 0.25) is 0 Å². The van der Waals surface area contributed by atoms with Crippen LogP contribution in [0, 0.1) is 0 Å². The normalized spacial score (nSPS) is 11.6. The molecule has 0 bridgehead atoms. The number of nitrogens with one attached hydrogen (secondary N) is 2. The highest BCUT2D eigenvalue weighted by Gasteiger charge is 2.14. The minimum atomic E-state index is -0.750. The van der Waals surface area contributed by atoms with Crippen molar-refractivity contribution >= 4 is 17.5 Å². The quantitative estimate of drug-likeness (QED) is 0.416. The Morgan fingerprint density at radius 1 is 1.04 bits per heavy atom. The Balaban J connectivity index is 1.95. The third-order valence-corrected chi connectivity index (χ3v) is 3.24. The van der Waals surface area contributed by atoms with Crippen molar-refractivity contribution in [2.45, 2.75) is 12.5 Å². The van der Waals surface area contributed by atoms with Gasteiger partial charge in [-0.05, 0) is 48.4 Å². The molecule has 6 N–H and O–H groups in total. The first-order chi connectivity index (χ1) is 11.0. The molecule has 0 aliphatic rings. The Morgan fingerprint density at radius 3 is 2.22 bits per heavy atom. The van der Waals surface area contributed by atoms with Gasteiger partial charge in [-0.15, -0.1) is 0 Å². The van der Waals surface area contributed by atoms with Gasteiger partial charge in [0.25, 0.3) is 5.91 Å². The van der Waals surface area contributed by atoms with Crippen molar-refractivity contribution in [3.63, 3.8) is 0 Å². The minimum Gasteiger partial charge on any atom is -0.508 e. The number of anilines is 1. The lowest BCUT2D eigenvalue weighted by molar-refractivity contribution is -0.117. The molecule has 120 valence electrons. The van der Waals surface area contributed by atoms with Gasteiger partial charge in [0.1, 0.15) is 5.75 Å². The SMILES string of the molecule is N[C@@H](Cc1ccc(O)cc1)C(=O)Nc1ccc(C(=O)NO)cc1. The fraction of sp³-hybridized carbons (Fsp3) is 0.125. The molecule has 1 atom stereocenters. The van der Waals surface area contributed by atoms with E-state index in [1.54, 1.807) is 12.1 Å². The van der Waals surface area contributed by atoms with Crippen LogP contribution in [0.5, 0.6) is 5.75 Å². The second-order valence-corrected chi connectivity index (χ2v) is 4.98. The monoisotopic (exact) mass is 315 g/mol. The fourth-order valence-corrected chi connectivity index (χ4v) is 1.98. The van der Waals surface area contributed by atoms with Crippen LogP contribution in [0.25, 0.3) is 0 Å². The minimum absolute atomic E-state index is 0.152. The maximum atomic E-state index is 12.1. The molecule has 2 amide bonds. The number of rotatable bonds is 5. The third-order valence-electron chi connectivity index (χ3n) is 3.24. The van der Waals surface area contributed by atoms with Gasteiger partial charge in [-0.3, -0.25) is 14.8 Å². The molecule has 2 aromatic rings. The Kier molecular flexibility index (Phi) is 5.29. The van der Waals surface area contributed by atoms with Gasteiger partial charge in [0.05, 0.1) is 6.04 Å². The zero-order chi connectivity index (χ0) is 16.8. The van der Waals surface area contributed by atoms with E-state index in [2.05, 4.69) is 5.32 Å². The Labute approximate surface area is 132 Å². The number of benzene rings is 2. The number of hydrogen-bond acceptors (Lipinski definition) is 5. The van der Waals surface area contributed by atoms with Crippen molar-refractivity contribution in [3.05, 3.63) is 59.7 Å². The van der Waals surface area contributed by atoms with E-state index < -0.39 is 11.9 Å². The zero-order valence-electron chi connectivity index (χ0n) is 12.2. The second kappa shape index (κ2) is 7.39. The van der Waals surface area contributed by atoms with Crippen molar-refractivity contribution in [1.82, 2.24) is 5.48 Å². The summed E-state index contributed by atoms with van der Waals surface area (Å²) in [6.07, 6.45) is 0.330. The number of hydroxylamine groups is 1. The standard InChI is InChI=1S/C16H17N3O4/c17-14(9-10-1-7-13(20)8-2-10)16(22)18-12-5-3-11(4-6-12)15(21)19-23/h1-8,14,20,23H,9,17H2,(H,18,22)(H,19,21)/t14-/m0/s1. The van der Waals surface area contributed by atoms with E-state index in [9.17, 15) is 14.7 Å². The van der Waals surface area contributed by atoms with Gasteiger partial charge in [-0.2, -0.15) is 0 Å². The molecule has 0 unspecified atom stereocenters. The average molecular weight is 315 g/mol. The van der Waals surface area contributed by atoms with Crippen LogP contribution in [0.15, 0.2) is 48.5 Å². The summed E-state index contributed by atoms with van der Waals surface area (Å²) < 4.78 is 0. The van der Waals surface area contributed by atoms with Crippen molar-refractivity contribution in [2.24, 2.45) is 5.73 Å². The van der Waals surface area contributed by atoms with Gasteiger partial charge in [-0.1, -0.05) is 12.1 Å². The van der Waals surface area contributed by atoms with E-state index >= 15 is 0 Å². The molecule has 0 aliphatic heterocycles. The van der Waals surface area contributed by atoms with Gasteiger partial charge in [-0.25, -0.2) is 5.48 Å². The van der Waals surface area contributed by atoms with Crippen molar-refractivity contribution < 1.29 is 19.9 Å². The van der Waals surface area contributed by atoms with E-state index in [0.717, 1.165) is 5.56 Å². The highest BCUT2D eigenvalue weighted by atomic mass is 16.5. The first kappa shape index (κ1) is 16.5. The number of phenols is 1. The summed E-state index contributed by atoms with van der Waals surface area (Å²) in [6.45, 7) is 0. The Bertz CT molecular complexity index is 683. The maximum absolute atomic E-state index is 12.1. The van der Waals surface area contributed by atoms with Gasteiger partial charge in [0.15, 0.2) is 0 Å². The lowest BCUT2D eigenvalue weighted by Crippen LogP contribution is -2.37. The Morgan fingerprint density at radius 2 is 1.65 bits per heavy atom. The molecule has 23 heavy (non-hydrogen) atoms. The maximum Gasteiger partial charge on any atom is 0.274 e. The first-order valence-corrected chi connectivity index (χ1v) is 6.88. The summed E-state index contributed by atoms with van der Waals surface area (Å²) in [4.78, 5) is 23.2. The smallest absolute Gasteiger partial charge is 0.274 e. The molecule has 0 heterocycles. The highest BCUT2D eigenvalue weighted by Crippen LogP contribution is 2.13. The molecule has 7 nitrogen and oxygen atoms in total. The van der Waals surface area contributed by atoms with Crippen molar-refractivity contribution in [3.8, 4) is 5.75 Å². The second-order valence-electron chi connectivity index (χ2n) is 4.98. The molecule has 2 aromatic carbocycles. The largest absolute Gasteiger partial charge is 0.508 e. The summed E-state index contributed by atoms with van der Waals surface area (Å²) in [5, 5.41) is 20.4. The zero-order valence-corrected chi connectivity index (χ0v) is 12.2. The molecule has 0 spiro atoms. The molecule has 0 radical (unpaired) electrons. The highest BCUT2D eigenvalue weighted by molar-refractivity contribution is 5.96. The van der Waals surface area contributed by atoms with Crippen molar-refractivity contribution in [1.29, 1.82) is 0 Å². The van der Waals surface area contributed by atoms with Crippen LogP contribution in [0.3, 0.4) is 0 Å². The van der Waals surface area contributed by atoms with E-state index in [4.69, 9.17) is 10.9 Å². The first-order valence-electron chi connectivity index (χ1n) is 6.88. The summed E-state index contributed by atoms with van der Waals surface area (Å²) in [6, 6.07) is 11.7. The van der Waals surface area contributed by atoms with Crippen LogP contribution in [-0.2, 0) is 11.2 Å². The summed E-state index contributed by atoms with van der Waals surface area (Å²) in [7, 11) is 0. The summed E-state index contributed by atoms with van der Waals surface area (Å²) in [5.74, 6) is -0.844. The molecule has 0 aromatic heterocycles. The van der Waals surface area contributed by atoms with Crippen LogP contribution in [0.1, 0.15) is 15.9 Å². The fourth-order valence-electron chi connectivity index (χ4n) is 1.98. The van der Waals surface area contributed by atoms with E-state index in [1.807, 2.05) is 0 Å². The predicted octanol–water partition coefficient (Wildman–Crippen LogP) is 1.02. The average Bonchev–Trinajstić information content (AvgIpc) is 2.56. The molecular formula is C16H17N3O4. The number of carbonyl (C=O) groups excluding carboxylic acids is 2. The Hall–Kier alpha value is -2.90. The number of nitrogens with two attached hydrogens (primary N) is 1. The summed E-state index contributed by atoms with van der Waals surface area (Å²) >= 11 is 0. The van der Waals surface area contributed by atoms with Crippen LogP contribution >= 0.6 is 0 Å². The lowest BCUT2D eigenvalue weighted by Gasteiger charge is -2.12. The van der Waals surface area contributed by atoms with Gasteiger partial charge >= 0.3 is 0 Å². The number of phenolic OH excluding ortho intramolecular Hbond substituents is 1. The molecule has 2 rings (SSSR count). The van der Waals surface area contributed by atoms with Gasteiger partial charge < -0.3 is 16.2 Å². The van der Waals surface area contributed by atoms with Crippen molar-refractivity contribution in [2.75, 3.05) is 5.32 Å². The van der Waals surface area contributed by atoms with Crippen LogP contribution < -0.4 is 16.5 Å². The van der Waals surface area contributed by atoms with Gasteiger partial charge in [0.2, 0.25) is 5.91 Å². The van der Waals surface area contributed by atoms with Crippen LogP contribution in [-0.4, -0.2) is 28.2 Å². The van der Waals surface area contributed by atoms with E-state index in [-0.39, 0.29) is 17.2 Å². The number of hydrogen-bond donors (Lipinski definition) is 5. The molecule has 0 fully saturated rings. The van der Waals surface area contributed by atoms with Crippen LogP contribution in [0.4, 0.5) is 5.69 Å². The predicted molar refractivity (Wildman–Crippen MR) is 84.1 cm³/mol. The molecular weight excluding hydrogens is 298 g/mol. The summed E-state index contributed by atoms with van der Waals surface area (Å²) in [5.41, 5.74) is 8.98.